The smallest absolute Gasteiger partial charge is 0.180 e. The largest absolute Gasteiger partial charge is 0.314 e. The van der Waals surface area contributed by atoms with E-state index >= 15 is 0 Å². The number of likely N-dealkylation sites (N-methyl/N-ethyl adjacent to an activating group) is 1. The summed E-state index contributed by atoms with van der Waals surface area (Å²) in [6.45, 7) is 9.85. The van der Waals surface area contributed by atoms with Crippen LogP contribution in [-0.4, -0.2) is 49.2 Å². The monoisotopic (exact) mass is 194 g/mol. The Morgan fingerprint density at radius 3 is 2.57 bits per heavy atom. The van der Waals surface area contributed by atoms with Crippen LogP contribution in [0.1, 0.15) is 6.92 Å². The molecular weight excluding hydrogens is 176 g/mol. The average molecular weight is 194 g/mol. The van der Waals surface area contributed by atoms with E-state index in [0.29, 0.717) is 0 Å². The predicted molar refractivity (Wildman–Crippen MR) is 56.4 cm³/mol. The van der Waals surface area contributed by atoms with Gasteiger partial charge in [-0.2, -0.15) is 5.26 Å². The number of nitrogens with zero attached hydrogens (tertiary/aromatic N) is 3. The van der Waals surface area contributed by atoms with Gasteiger partial charge in [-0.3, -0.25) is 9.80 Å². The second-order valence-corrected chi connectivity index (χ2v) is 3.72. The summed E-state index contributed by atoms with van der Waals surface area (Å²) in [5, 5.41) is 12.2. The standard InChI is InChI=1S/C10H18N4/c1-9(2)10(13(3)8-11)14-6-4-12-5-7-14/h10,12H,1,4-7H2,2-3H3. The lowest BCUT2D eigenvalue weighted by Crippen LogP contribution is -2.53. The highest BCUT2D eigenvalue weighted by molar-refractivity contribution is 5.04. The molecule has 1 fully saturated rings. The van der Waals surface area contributed by atoms with Gasteiger partial charge < -0.3 is 5.32 Å². The predicted octanol–water partition coefficient (Wildman–Crippen LogP) is 0.207. The number of rotatable bonds is 3. The number of nitriles is 1. The van der Waals surface area contributed by atoms with Gasteiger partial charge in [-0.15, -0.1) is 0 Å². The van der Waals surface area contributed by atoms with E-state index < -0.39 is 0 Å². The van der Waals surface area contributed by atoms with E-state index in [2.05, 4.69) is 23.0 Å². The topological polar surface area (TPSA) is 42.3 Å². The highest BCUT2D eigenvalue weighted by atomic mass is 15.4. The molecule has 14 heavy (non-hydrogen) atoms. The zero-order valence-corrected chi connectivity index (χ0v) is 8.95. The van der Waals surface area contributed by atoms with Gasteiger partial charge in [0, 0.05) is 33.2 Å². The fourth-order valence-corrected chi connectivity index (χ4v) is 1.87. The molecule has 1 unspecified atom stereocenters. The maximum atomic E-state index is 8.88. The second kappa shape index (κ2) is 4.99. The van der Waals surface area contributed by atoms with Crippen molar-refractivity contribution >= 4 is 0 Å². The van der Waals surface area contributed by atoms with Crippen LogP contribution in [0.3, 0.4) is 0 Å². The van der Waals surface area contributed by atoms with Crippen LogP contribution in [0.25, 0.3) is 0 Å². The van der Waals surface area contributed by atoms with Crippen molar-refractivity contribution in [1.82, 2.24) is 15.1 Å². The number of hydrogen-bond donors (Lipinski definition) is 1. The number of hydrogen-bond acceptors (Lipinski definition) is 4. The van der Waals surface area contributed by atoms with Crippen LogP contribution < -0.4 is 5.32 Å². The Labute approximate surface area is 85.8 Å². The maximum absolute atomic E-state index is 8.88. The van der Waals surface area contributed by atoms with Gasteiger partial charge in [0.15, 0.2) is 6.19 Å². The van der Waals surface area contributed by atoms with Crippen LogP contribution in [0.5, 0.6) is 0 Å². The van der Waals surface area contributed by atoms with Crippen molar-refractivity contribution in [3.8, 4) is 6.19 Å². The van der Waals surface area contributed by atoms with E-state index in [9.17, 15) is 0 Å². The van der Waals surface area contributed by atoms with Gasteiger partial charge in [-0.25, -0.2) is 0 Å². The third-order valence-corrected chi connectivity index (χ3v) is 2.46. The molecule has 1 aliphatic rings. The average Bonchev–Trinajstić information content (AvgIpc) is 2.19. The molecule has 78 valence electrons. The molecule has 0 aromatic carbocycles. The molecule has 0 amide bonds. The van der Waals surface area contributed by atoms with Crippen LogP contribution in [0.2, 0.25) is 0 Å². The highest BCUT2D eigenvalue weighted by Crippen LogP contribution is 2.12. The summed E-state index contributed by atoms with van der Waals surface area (Å²) in [6, 6.07) is 0. The third-order valence-electron chi connectivity index (χ3n) is 2.46. The maximum Gasteiger partial charge on any atom is 0.180 e. The van der Waals surface area contributed by atoms with E-state index in [-0.39, 0.29) is 6.17 Å². The molecule has 0 saturated carbocycles. The van der Waals surface area contributed by atoms with Crippen molar-refractivity contribution in [3.63, 3.8) is 0 Å². The molecule has 1 N–H and O–H groups in total. The summed E-state index contributed by atoms with van der Waals surface area (Å²) in [6.07, 6.45) is 2.21. The molecule has 0 aromatic rings. The van der Waals surface area contributed by atoms with Gasteiger partial charge in [0.2, 0.25) is 0 Å². The highest BCUT2D eigenvalue weighted by Gasteiger charge is 2.23. The Hall–Kier alpha value is -1.05. The molecule has 1 aliphatic heterocycles. The van der Waals surface area contributed by atoms with Crippen LogP contribution >= 0.6 is 0 Å². The first-order valence-electron chi connectivity index (χ1n) is 4.89. The first-order valence-corrected chi connectivity index (χ1v) is 4.89. The molecule has 1 heterocycles. The summed E-state index contributed by atoms with van der Waals surface area (Å²) in [4.78, 5) is 3.94. The first kappa shape index (κ1) is 11.0. The lowest BCUT2D eigenvalue weighted by molar-refractivity contribution is 0.112. The Bertz CT molecular complexity index is 237. The van der Waals surface area contributed by atoms with E-state index in [1.807, 2.05) is 6.92 Å². The first-order chi connectivity index (χ1) is 6.66. The minimum atomic E-state index is 0.0575. The molecular formula is C10H18N4. The zero-order chi connectivity index (χ0) is 10.6. The lowest BCUT2D eigenvalue weighted by atomic mass is 10.2. The number of nitrogens with one attached hydrogen (secondary N) is 1. The second-order valence-electron chi connectivity index (χ2n) is 3.72. The molecule has 4 nitrogen and oxygen atoms in total. The van der Waals surface area contributed by atoms with Gasteiger partial charge in [-0.05, 0) is 12.5 Å². The summed E-state index contributed by atoms with van der Waals surface area (Å²) in [5.74, 6) is 0. The van der Waals surface area contributed by atoms with Crippen molar-refractivity contribution < 1.29 is 0 Å². The van der Waals surface area contributed by atoms with Crippen molar-refractivity contribution in [2.24, 2.45) is 0 Å². The SMILES string of the molecule is C=C(C)C(N(C)C#N)N1CCNCC1. The molecule has 0 radical (unpaired) electrons. The van der Waals surface area contributed by atoms with Gasteiger partial charge in [0.1, 0.15) is 6.17 Å². The summed E-state index contributed by atoms with van der Waals surface area (Å²) in [5.41, 5.74) is 1.02. The van der Waals surface area contributed by atoms with E-state index in [0.717, 1.165) is 31.8 Å². The summed E-state index contributed by atoms with van der Waals surface area (Å²) >= 11 is 0. The summed E-state index contributed by atoms with van der Waals surface area (Å²) < 4.78 is 0. The molecule has 0 aromatic heterocycles. The Kier molecular flexibility index (Phi) is 3.93. The molecule has 0 spiro atoms. The normalized spacial score (nSPS) is 19.8. The molecule has 0 bridgehead atoms. The molecule has 4 heteroatoms. The van der Waals surface area contributed by atoms with Gasteiger partial charge in [0.25, 0.3) is 0 Å². The van der Waals surface area contributed by atoms with Gasteiger partial charge in [0.05, 0.1) is 0 Å². The van der Waals surface area contributed by atoms with Gasteiger partial charge >= 0.3 is 0 Å². The van der Waals surface area contributed by atoms with Crippen LogP contribution in [0.4, 0.5) is 0 Å². The number of piperazine rings is 1. The molecule has 0 aliphatic carbocycles. The van der Waals surface area contributed by atoms with Crippen LogP contribution in [0.15, 0.2) is 12.2 Å². The fraction of sp³-hybridized carbons (Fsp3) is 0.700. The molecule has 1 rings (SSSR count). The van der Waals surface area contributed by atoms with Crippen LogP contribution in [0, 0.1) is 11.5 Å². The van der Waals surface area contributed by atoms with Crippen molar-refractivity contribution in [2.45, 2.75) is 13.1 Å². The van der Waals surface area contributed by atoms with Crippen molar-refractivity contribution in [1.29, 1.82) is 5.26 Å². The van der Waals surface area contributed by atoms with E-state index in [1.165, 1.54) is 0 Å². The lowest BCUT2D eigenvalue weighted by Gasteiger charge is -2.38. The fourth-order valence-electron chi connectivity index (χ4n) is 1.87. The quantitative estimate of drug-likeness (QED) is 0.396. The summed E-state index contributed by atoms with van der Waals surface area (Å²) in [7, 11) is 1.81. The Balaban J connectivity index is 2.66. The molecule has 1 atom stereocenters. The van der Waals surface area contributed by atoms with E-state index in [1.54, 1.807) is 11.9 Å². The van der Waals surface area contributed by atoms with Crippen molar-refractivity contribution in [2.75, 3.05) is 33.2 Å². The Morgan fingerprint density at radius 2 is 2.14 bits per heavy atom. The third kappa shape index (κ3) is 2.47. The Morgan fingerprint density at radius 1 is 1.57 bits per heavy atom. The van der Waals surface area contributed by atoms with E-state index in [4.69, 9.17) is 5.26 Å². The zero-order valence-electron chi connectivity index (χ0n) is 8.95. The van der Waals surface area contributed by atoms with Gasteiger partial charge in [-0.1, -0.05) is 6.58 Å². The van der Waals surface area contributed by atoms with Crippen LogP contribution in [-0.2, 0) is 0 Å². The van der Waals surface area contributed by atoms with Crippen molar-refractivity contribution in [3.05, 3.63) is 12.2 Å². The minimum absolute atomic E-state index is 0.0575. The minimum Gasteiger partial charge on any atom is -0.314 e. The molecule has 1 saturated heterocycles.